The summed E-state index contributed by atoms with van der Waals surface area (Å²) >= 11 is 9.39. The molecule has 0 fully saturated rings. The highest BCUT2D eigenvalue weighted by Gasteiger charge is 2.18. The van der Waals surface area contributed by atoms with Crippen LogP contribution in [0.4, 0.5) is 5.69 Å². The molecule has 0 saturated heterocycles. The van der Waals surface area contributed by atoms with Crippen LogP contribution in [0.25, 0.3) is 0 Å². The van der Waals surface area contributed by atoms with Crippen molar-refractivity contribution in [2.45, 2.75) is 18.7 Å². The van der Waals surface area contributed by atoms with Crippen molar-refractivity contribution >= 4 is 43.2 Å². The first-order valence-corrected chi connectivity index (χ1v) is 8.51. The van der Waals surface area contributed by atoms with Gasteiger partial charge in [0.15, 0.2) is 0 Å². The van der Waals surface area contributed by atoms with Gasteiger partial charge in [-0.15, -0.1) is 0 Å². The Labute approximate surface area is 132 Å². The van der Waals surface area contributed by atoms with Crippen LogP contribution >= 0.6 is 27.5 Å². The lowest BCUT2D eigenvalue weighted by atomic mass is 10.1. The molecule has 0 unspecified atom stereocenters. The van der Waals surface area contributed by atoms with Crippen LogP contribution in [-0.2, 0) is 10.0 Å². The first-order valence-electron chi connectivity index (χ1n) is 5.85. The smallest absolute Gasteiger partial charge is 0.263 e. The number of sulfonamides is 1. The van der Waals surface area contributed by atoms with Gasteiger partial charge in [0.05, 0.1) is 5.02 Å². The molecular weight excluding hydrogens is 362 g/mol. The predicted molar refractivity (Wildman–Crippen MR) is 85.9 cm³/mol. The molecule has 0 spiro atoms. The van der Waals surface area contributed by atoms with E-state index in [2.05, 4.69) is 20.7 Å². The number of aryl methyl sites for hydroxylation is 2. The van der Waals surface area contributed by atoms with E-state index in [0.29, 0.717) is 5.69 Å². The quantitative estimate of drug-likeness (QED) is 0.858. The molecule has 2 aromatic rings. The highest BCUT2D eigenvalue weighted by atomic mass is 79.9. The Kier molecular flexibility index (Phi) is 4.42. The molecule has 0 aliphatic heterocycles. The Morgan fingerprint density at radius 2 is 1.65 bits per heavy atom. The Bertz CT molecular complexity index is 737. The van der Waals surface area contributed by atoms with Crippen LogP contribution in [0.3, 0.4) is 0 Å². The van der Waals surface area contributed by atoms with Crippen molar-refractivity contribution in [2.75, 3.05) is 4.72 Å². The fourth-order valence-corrected chi connectivity index (χ4v) is 3.67. The van der Waals surface area contributed by atoms with E-state index in [1.165, 1.54) is 6.07 Å². The summed E-state index contributed by atoms with van der Waals surface area (Å²) in [6.45, 7) is 3.81. The first-order chi connectivity index (χ1) is 9.31. The summed E-state index contributed by atoms with van der Waals surface area (Å²) in [4.78, 5) is 0.0693. The van der Waals surface area contributed by atoms with Gasteiger partial charge in [0.1, 0.15) is 4.90 Å². The number of halogens is 2. The van der Waals surface area contributed by atoms with Crippen LogP contribution in [0.5, 0.6) is 0 Å². The minimum atomic E-state index is -3.69. The number of nitrogens with one attached hydrogen (secondary N) is 1. The fourth-order valence-electron chi connectivity index (χ4n) is 1.88. The van der Waals surface area contributed by atoms with Crippen LogP contribution in [0.15, 0.2) is 45.8 Å². The van der Waals surface area contributed by atoms with E-state index < -0.39 is 10.0 Å². The SMILES string of the molecule is Cc1cc(NS(=O)(=O)c2ccccc2Cl)cc(C)c1Br. The molecule has 0 amide bonds. The molecule has 2 rings (SSSR count). The van der Waals surface area contributed by atoms with Gasteiger partial charge >= 0.3 is 0 Å². The number of rotatable bonds is 3. The van der Waals surface area contributed by atoms with Gasteiger partial charge in [-0.1, -0.05) is 39.7 Å². The van der Waals surface area contributed by atoms with Crippen LogP contribution in [0, 0.1) is 13.8 Å². The Morgan fingerprint density at radius 3 is 2.20 bits per heavy atom. The third-order valence-electron chi connectivity index (χ3n) is 2.81. The van der Waals surface area contributed by atoms with E-state index in [1.54, 1.807) is 30.3 Å². The molecule has 0 saturated carbocycles. The van der Waals surface area contributed by atoms with Gasteiger partial charge < -0.3 is 0 Å². The standard InChI is InChI=1S/C14H13BrClNO2S/c1-9-7-11(8-10(2)14(9)15)17-20(18,19)13-6-4-3-5-12(13)16/h3-8,17H,1-2H3. The number of hydrogen-bond donors (Lipinski definition) is 1. The maximum atomic E-state index is 12.3. The zero-order valence-corrected chi connectivity index (χ0v) is 14.1. The molecule has 0 aromatic heterocycles. The van der Waals surface area contributed by atoms with Crippen LogP contribution in [-0.4, -0.2) is 8.42 Å². The van der Waals surface area contributed by atoms with E-state index in [0.717, 1.165) is 15.6 Å². The Morgan fingerprint density at radius 1 is 1.10 bits per heavy atom. The van der Waals surface area contributed by atoms with E-state index in [1.807, 2.05) is 13.8 Å². The van der Waals surface area contributed by atoms with E-state index in [4.69, 9.17) is 11.6 Å². The van der Waals surface area contributed by atoms with Gasteiger partial charge in [0, 0.05) is 10.2 Å². The monoisotopic (exact) mass is 373 g/mol. The molecule has 0 atom stereocenters. The average Bonchev–Trinajstić information content (AvgIpc) is 2.35. The second-order valence-corrected chi connectivity index (χ2v) is 7.31. The summed E-state index contributed by atoms with van der Waals surface area (Å²) in [6.07, 6.45) is 0. The van der Waals surface area contributed by atoms with Crippen molar-refractivity contribution < 1.29 is 8.42 Å². The normalized spacial score (nSPS) is 11.4. The van der Waals surface area contributed by atoms with Gasteiger partial charge in [-0.05, 0) is 49.2 Å². The van der Waals surface area contributed by atoms with E-state index in [-0.39, 0.29) is 9.92 Å². The fraction of sp³-hybridized carbons (Fsp3) is 0.143. The summed E-state index contributed by atoms with van der Waals surface area (Å²) in [5, 5.41) is 0.200. The van der Waals surface area contributed by atoms with Crippen LogP contribution in [0.2, 0.25) is 5.02 Å². The summed E-state index contributed by atoms with van der Waals surface area (Å²) in [7, 11) is -3.69. The van der Waals surface area contributed by atoms with Gasteiger partial charge in [-0.2, -0.15) is 0 Å². The van der Waals surface area contributed by atoms with E-state index in [9.17, 15) is 8.42 Å². The molecule has 1 N–H and O–H groups in total. The Hall–Kier alpha value is -1.04. The maximum Gasteiger partial charge on any atom is 0.263 e. The second-order valence-electron chi connectivity index (χ2n) is 4.46. The molecule has 0 aliphatic carbocycles. The number of hydrogen-bond acceptors (Lipinski definition) is 2. The van der Waals surface area contributed by atoms with Gasteiger partial charge in [0.25, 0.3) is 10.0 Å². The van der Waals surface area contributed by atoms with Crippen molar-refractivity contribution in [3.8, 4) is 0 Å². The summed E-state index contributed by atoms with van der Waals surface area (Å²) < 4.78 is 28.2. The summed E-state index contributed by atoms with van der Waals surface area (Å²) in [5.74, 6) is 0. The van der Waals surface area contributed by atoms with Crippen molar-refractivity contribution in [1.29, 1.82) is 0 Å². The first kappa shape index (κ1) is 15.4. The highest BCUT2D eigenvalue weighted by molar-refractivity contribution is 9.10. The van der Waals surface area contributed by atoms with Crippen molar-refractivity contribution in [1.82, 2.24) is 0 Å². The molecule has 0 heterocycles. The lowest BCUT2D eigenvalue weighted by Crippen LogP contribution is -2.13. The summed E-state index contributed by atoms with van der Waals surface area (Å²) in [6, 6.07) is 9.89. The van der Waals surface area contributed by atoms with Crippen LogP contribution in [0.1, 0.15) is 11.1 Å². The lowest BCUT2D eigenvalue weighted by molar-refractivity contribution is 0.601. The minimum absolute atomic E-state index is 0.0693. The van der Waals surface area contributed by atoms with Gasteiger partial charge in [0.2, 0.25) is 0 Å². The summed E-state index contributed by atoms with van der Waals surface area (Å²) in [5.41, 5.74) is 2.44. The molecule has 3 nitrogen and oxygen atoms in total. The number of anilines is 1. The zero-order chi connectivity index (χ0) is 14.9. The van der Waals surface area contributed by atoms with E-state index >= 15 is 0 Å². The third kappa shape index (κ3) is 3.16. The molecular formula is C14H13BrClNO2S. The molecule has 2 aromatic carbocycles. The lowest BCUT2D eigenvalue weighted by Gasteiger charge is -2.12. The van der Waals surface area contributed by atoms with Crippen LogP contribution < -0.4 is 4.72 Å². The zero-order valence-electron chi connectivity index (χ0n) is 10.9. The highest BCUT2D eigenvalue weighted by Crippen LogP contribution is 2.28. The molecule has 20 heavy (non-hydrogen) atoms. The maximum absolute atomic E-state index is 12.3. The predicted octanol–water partition coefficient (Wildman–Crippen LogP) is 4.52. The topological polar surface area (TPSA) is 46.2 Å². The van der Waals surface area contributed by atoms with Crippen molar-refractivity contribution in [3.05, 3.63) is 57.0 Å². The number of benzene rings is 2. The molecule has 0 radical (unpaired) electrons. The van der Waals surface area contributed by atoms with Gasteiger partial charge in [-0.25, -0.2) is 8.42 Å². The largest absolute Gasteiger partial charge is 0.280 e. The molecule has 106 valence electrons. The second kappa shape index (κ2) is 5.76. The minimum Gasteiger partial charge on any atom is -0.280 e. The molecule has 0 bridgehead atoms. The average molecular weight is 375 g/mol. The molecule has 6 heteroatoms. The third-order valence-corrected chi connectivity index (χ3v) is 5.95. The Balaban J connectivity index is 2.42. The molecule has 0 aliphatic rings. The van der Waals surface area contributed by atoms with Crippen molar-refractivity contribution in [2.24, 2.45) is 0 Å². The van der Waals surface area contributed by atoms with Gasteiger partial charge in [-0.3, -0.25) is 4.72 Å². The van der Waals surface area contributed by atoms with Crippen molar-refractivity contribution in [3.63, 3.8) is 0 Å².